The van der Waals surface area contributed by atoms with Crippen LogP contribution in [0.5, 0.6) is 0 Å². The molecule has 0 aromatic heterocycles. The minimum Gasteiger partial charge on any atom is -0.322 e. The molecule has 0 bridgehead atoms. The Labute approximate surface area is 147 Å². The highest BCUT2D eigenvalue weighted by Gasteiger charge is 2.26. The fourth-order valence-electron chi connectivity index (χ4n) is 2.55. The average molecular weight is 394 g/mol. The summed E-state index contributed by atoms with van der Waals surface area (Å²) >= 11 is 9.41. The monoisotopic (exact) mass is 392 g/mol. The van der Waals surface area contributed by atoms with Crippen LogP contribution in [0.15, 0.2) is 46.9 Å². The zero-order valence-electron chi connectivity index (χ0n) is 12.2. The maximum absolute atomic E-state index is 12.6. The second kappa shape index (κ2) is 6.72. The van der Waals surface area contributed by atoms with Crippen LogP contribution in [0, 0.1) is 0 Å². The summed E-state index contributed by atoms with van der Waals surface area (Å²) in [5, 5.41) is 3.34. The molecule has 0 saturated carbocycles. The van der Waals surface area contributed by atoms with Gasteiger partial charge in [0, 0.05) is 28.1 Å². The molecule has 1 saturated heterocycles. The lowest BCUT2D eigenvalue weighted by molar-refractivity contribution is -0.117. The van der Waals surface area contributed by atoms with Crippen LogP contribution in [0.25, 0.3) is 0 Å². The molecule has 0 spiro atoms. The molecule has 1 aliphatic rings. The third-order valence-corrected chi connectivity index (χ3v) is 4.43. The van der Waals surface area contributed by atoms with E-state index in [0.29, 0.717) is 34.9 Å². The molecule has 1 aliphatic heterocycles. The summed E-state index contributed by atoms with van der Waals surface area (Å²) in [5.41, 5.74) is 1.69. The minimum absolute atomic E-state index is 0.0185. The van der Waals surface area contributed by atoms with Crippen LogP contribution >= 0.6 is 27.5 Å². The summed E-state index contributed by atoms with van der Waals surface area (Å²) in [4.78, 5) is 26.2. The smallest absolute Gasteiger partial charge is 0.257 e. The Kier molecular flexibility index (Phi) is 4.68. The predicted molar refractivity (Wildman–Crippen MR) is 95.1 cm³/mol. The lowest BCUT2D eigenvalue weighted by Crippen LogP contribution is -2.27. The lowest BCUT2D eigenvalue weighted by atomic mass is 10.1. The van der Waals surface area contributed by atoms with Crippen molar-refractivity contribution in [2.45, 2.75) is 12.8 Å². The van der Waals surface area contributed by atoms with Crippen molar-refractivity contribution in [3.05, 3.63) is 57.5 Å². The maximum atomic E-state index is 12.6. The molecule has 23 heavy (non-hydrogen) atoms. The van der Waals surface area contributed by atoms with Gasteiger partial charge in [0.05, 0.1) is 11.3 Å². The fourth-order valence-corrected chi connectivity index (χ4v) is 2.99. The van der Waals surface area contributed by atoms with Gasteiger partial charge in [-0.25, -0.2) is 0 Å². The van der Waals surface area contributed by atoms with E-state index in [-0.39, 0.29) is 11.8 Å². The van der Waals surface area contributed by atoms with Gasteiger partial charge in [0.25, 0.3) is 5.91 Å². The van der Waals surface area contributed by atoms with Gasteiger partial charge in [-0.2, -0.15) is 0 Å². The largest absolute Gasteiger partial charge is 0.322 e. The number of nitrogens with zero attached hydrogens (tertiary/aromatic N) is 1. The molecule has 1 heterocycles. The van der Waals surface area contributed by atoms with E-state index in [1.54, 1.807) is 35.2 Å². The molecule has 118 valence electrons. The molecule has 1 N–H and O–H groups in total. The van der Waals surface area contributed by atoms with Crippen molar-refractivity contribution in [3.8, 4) is 0 Å². The highest BCUT2D eigenvalue weighted by atomic mass is 79.9. The molecule has 0 radical (unpaired) electrons. The van der Waals surface area contributed by atoms with Crippen molar-refractivity contribution in [2.24, 2.45) is 0 Å². The first-order chi connectivity index (χ1) is 11.0. The van der Waals surface area contributed by atoms with Gasteiger partial charge in [-0.05, 0) is 48.9 Å². The fraction of sp³-hybridized carbons (Fsp3) is 0.176. The standard InChI is InChI=1S/C17H14BrClN2O2/c18-11-3-6-13(7-4-11)20-17(23)14-8-5-12(19)10-15(14)21-9-1-2-16(21)22/h3-8,10H,1-2,9H2,(H,20,23). The molecular weight excluding hydrogens is 380 g/mol. The van der Waals surface area contributed by atoms with Gasteiger partial charge < -0.3 is 10.2 Å². The molecule has 0 aliphatic carbocycles. The summed E-state index contributed by atoms with van der Waals surface area (Å²) in [6, 6.07) is 12.3. The van der Waals surface area contributed by atoms with Crippen LogP contribution in [-0.2, 0) is 4.79 Å². The van der Waals surface area contributed by atoms with E-state index in [9.17, 15) is 9.59 Å². The topological polar surface area (TPSA) is 49.4 Å². The molecule has 2 aromatic rings. The number of amides is 2. The highest BCUT2D eigenvalue weighted by molar-refractivity contribution is 9.10. The normalized spacial score (nSPS) is 14.2. The minimum atomic E-state index is -0.265. The summed E-state index contributed by atoms with van der Waals surface area (Å²) in [5.74, 6) is -0.247. The van der Waals surface area contributed by atoms with Gasteiger partial charge in [-0.15, -0.1) is 0 Å². The number of halogens is 2. The molecule has 3 rings (SSSR count). The second-order valence-electron chi connectivity index (χ2n) is 5.27. The third-order valence-electron chi connectivity index (χ3n) is 3.67. The molecule has 0 atom stereocenters. The number of rotatable bonds is 3. The Morgan fingerprint density at radius 2 is 1.91 bits per heavy atom. The predicted octanol–water partition coefficient (Wildman–Crippen LogP) is 4.48. The maximum Gasteiger partial charge on any atom is 0.257 e. The quantitative estimate of drug-likeness (QED) is 0.836. The van der Waals surface area contributed by atoms with E-state index < -0.39 is 0 Å². The molecule has 2 aromatic carbocycles. The SMILES string of the molecule is O=C(Nc1ccc(Br)cc1)c1ccc(Cl)cc1N1CCCC1=O. The molecular formula is C17H14BrClN2O2. The molecule has 1 fully saturated rings. The molecule has 0 unspecified atom stereocenters. The number of anilines is 2. The summed E-state index contributed by atoms with van der Waals surface area (Å²) in [7, 11) is 0. The van der Waals surface area contributed by atoms with Crippen molar-refractivity contribution in [1.82, 2.24) is 0 Å². The number of hydrogen-bond donors (Lipinski definition) is 1. The molecule has 4 nitrogen and oxygen atoms in total. The van der Waals surface area contributed by atoms with Crippen molar-refractivity contribution < 1.29 is 9.59 Å². The van der Waals surface area contributed by atoms with E-state index in [1.807, 2.05) is 12.1 Å². The Morgan fingerprint density at radius 3 is 2.57 bits per heavy atom. The highest BCUT2D eigenvalue weighted by Crippen LogP contribution is 2.29. The second-order valence-corrected chi connectivity index (χ2v) is 6.62. The van der Waals surface area contributed by atoms with Crippen molar-refractivity contribution in [1.29, 1.82) is 0 Å². The molecule has 6 heteroatoms. The Hall–Kier alpha value is -1.85. The first-order valence-corrected chi connectivity index (χ1v) is 8.38. The van der Waals surface area contributed by atoms with Crippen molar-refractivity contribution in [3.63, 3.8) is 0 Å². The number of hydrogen-bond acceptors (Lipinski definition) is 2. The Bertz CT molecular complexity index is 762. The first-order valence-electron chi connectivity index (χ1n) is 7.21. The van der Waals surface area contributed by atoms with Crippen molar-refractivity contribution >= 4 is 50.7 Å². The average Bonchev–Trinajstić information content (AvgIpc) is 2.95. The van der Waals surface area contributed by atoms with Gasteiger partial charge in [-0.3, -0.25) is 9.59 Å². The zero-order valence-corrected chi connectivity index (χ0v) is 14.5. The Morgan fingerprint density at radius 1 is 1.17 bits per heavy atom. The van der Waals surface area contributed by atoms with E-state index in [0.717, 1.165) is 10.9 Å². The van der Waals surface area contributed by atoms with Crippen LogP contribution in [0.1, 0.15) is 23.2 Å². The van der Waals surface area contributed by atoms with Crippen LogP contribution in [0.2, 0.25) is 5.02 Å². The van der Waals surface area contributed by atoms with Crippen LogP contribution in [0.3, 0.4) is 0 Å². The van der Waals surface area contributed by atoms with Gasteiger partial charge in [0.15, 0.2) is 0 Å². The number of carbonyl (C=O) groups excluding carboxylic acids is 2. The first kappa shape index (κ1) is 16.0. The summed E-state index contributed by atoms with van der Waals surface area (Å²) < 4.78 is 0.936. The van der Waals surface area contributed by atoms with E-state index in [4.69, 9.17) is 11.6 Å². The van der Waals surface area contributed by atoms with Gasteiger partial charge in [0.1, 0.15) is 0 Å². The van der Waals surface area contributed by atoms with Crippen LogP contribution in [0.4, 0.5) is 11.4 Å². The van der Waals surface area contributed by atoms with Crippen molar-refractivity contribution in [2.75, 3.05) is 16.8 Å². The van der Waals surface area contributed by atoms with E-state index >= 15 is 0 Å². The van der Waals surface area contributed by atoms with Crippen LogP contribution < -0.4 is 10.2 Å². The number of benzene rings is 2. The summed E-state index contributed by atoms with van der Waals surface area (Å²) in [6.07, 6.45) is 1.29. The lowest BCUT2D eigenvalue weighted by Gasteiger charge is -2.19. The summed E-state index contributed by atoms with van der Waals surface area (Å²) in [6.45, 7) is 0.609. The van der Waals surface area contributed by atoms with Gasteiger partial charge in [-0.1, -0.05) is 27.5 Å². The number of nitrogens with one attached hydrogen (secondary N) is 1. The molecule has 2 amide bonds. The zero-order chi connectivity index (χ0) is 16.4. The number of carbonyl (C=O) groups is 2. The third kappa shape index (κ3) is 3.57. The van der Waals surface area contributed by atoms with E-state index in [2.05, 4.69) is 21.2 Å². The van der Waals surface area contributed by atoms with Crippen LogP contribution in [-0.4, -0.2) is 18.4 Å². The van der Waals surface area contributed by atoms with Gasteiger partial charge >= 0.3 is 0 Å². The Balaban J connectivity index is 1.90. The van der Waals surface area contributed by atoms with E-state index in [1.165, 1.54) is 0 Å². The van der Waals surface area contributed by atoms with Gasteiger partial charge in [0.2, 0.25) is 5.91 Å².